The van der Waals surface area contributed by atoms with Gasteiger partial charge in [0.1, 0.15) is 36.1 Å². The number of Topliss-reactive ketones (excluding diaryl/α,β-unsaturated/α-hetero) is 1. The fourth-order valence-electron chi connectivity index (χ4n) is 4.78. The largest absolute Gasteiger partial charge is 0.488 e. The Kier molecular flexibility index (Phi) is 6.44. The van der Waals surface area contributed by atoms with Gasteiger partial charge in [-0.1, -0.05) is 25.5 Å². The van der Waals surface area contributed by atoms with E-state index in [1.807, 2.05) is 38.1 Å². The Morgan fingerprint density at radius 3 is 2.53 bits per heavy atom. The van der Waals surface area contributed by atoms with Crippen molar-refractivity contribution in [1.82, 2.24) is 0 Å². The Labute approximate surface area is 220 Å². The summed E-state index contributed by atoms with van der Waals surface area (Å²) < 4.78 is 18.2. The van der Waals surface area contributed by atoms with E-state index in [1.165, 1.54) is 12.1 Å². The standard InChI is InChI=1S/C30H29NO7/c1-4-5-19-8-12-24(26(16-19)36-17-20-6-9-21(10-7-20)31(34)35)30(33)18-37-27-22-14-15-29(2,3)38-25(22)13-11-23(27)28(30)32/h6-16,33H,4-5,17-18H2,1-3H3. The van der Waals surface area contributed by atoms with Crippen molar-refractivity contribution in [1.29, 1.82) is 0 Å². The number of aliphatic hydroxyl groups is 1. The minimum Gasteiger partial charge on any atom is -0.488 e. The Balaban J connectivity index is 1.48. The average molecular weight is 516 g/mol. The minimum absolute atomic E-state index is 0.0108. The molecule has 0 spiro atoms. The molecule has 0 radical (unpaired) electrons. The number of nitro benzene ring substituents is 1. The number of ketones is 1. The molecule has 5 rings (SSSR count). The smallest absolute Gasteiger partial charge is 0.269 e. The minimum atomic E-state index is -1.96. The first kappa shape index (κ1) is 25.5. The van der Waals surface area contributed by atoms with Gasteiger partial charge in [0.15, 0.2) is 5.60 Å². The molecular formula is C30H29NO7. The lowest BCUT2D eigenvalue weighted by atomic mass is 9.82. The molecule has 3 aromatic carbocycles. The summed E-state index contributed by atoms with van der Waals surface area (Å²) in [4.78, 5) is 24.3. The number of ether oxygens (including phenoxy) is 3. The first-order valence-electron chi connectivity index (χ1n) is 12.6. The molecule has 8 heteroatoms. The zero-order valence-electron chi connectivity index (χ0n) is 21.5. The molecule has 0 bridgehead atoms. The number of carbonyl (C=O) groups excluding carboxylic acids is 1. The lowest BCUT2D eigenvalue weighted by Gasteiger charge is -2.36. The van der Waals surface area contributed by atoms with E-state index >= 15 is 0 Å². The molecule has 2 heterocycles. The van der Waals surface area contributed by atoms with Gasteiger partial charge in [-0.15, -0.1) is 0 Å². The number of nitro groups is 1. The molecule has 3 aromatic rings. The van der Waals surface area contributed by atoms with Crippen LogP contribution in [-0.2, 0) is 18.6 Å². The van der Waals surface area contributed by atoms with Gasteiger partial charge in [-0.2, -0.15) is 0 Å². The molecule has 1 unspecified atom stereocenters. The van der Waals surface area contributed by atoms with Gasteiger partial charge in [0.2, 0.25) is 5.78 Å². The van der Waals surface area contributed by atoms with Crippen molar-refractivity contribution < 1.29 is 29.0 Å². The van der Waals surface area contributed by atoms with Crippen molar-refractivity contribution in [2.75, 3.05) is 6.61 Å². The quantitative estimate of drug-likeness (QED) is 0.314. The van der Waals surface area contributed by atoms with Crippen LogP contribution in [0.1, 0.15) is 59.8 Å². The molecule has 38 heavy (non-hydrogen) atoms. The molecule has 0 aromatic heterocycles. The van der Waals surface area contributed by atoms with Crippen LogP contribution in [0.3, 0.4) is 0 Å². The zero-order chi connectivity index (χ0) is 27.1. The van der Waals surface area contributed by atoms with E-state index in [9.17, 15) is 20.0 Å². The first-order valence-corrected chi connectivity index (χ1v) is 12.6. The molecule has 1 N–H and O–H groups in total. The molecule has 0 saturated heterocycles. The molecule has 0 amide bonds. The maximum absolute atomic E-state index is 13.8. The summed E-state index contributed by atoms with van der Waals surface area (Å²) in [6.45, 7) is 5.77. The normalized spacial score (nSPS) is 19.1. The van der Waals surface area contributed by atoms with E-state index in [0.29, 0.717) is 33.9 Å². The predicted molar refractivity (Wildman–Crippen MR) is 142 cm³/mol. The second-order valence-electron chi connectivity index (χ2n) is 10.2. The van der Waals surface area contributed by atoms with Crippen LogP contribution in [0.2, 0.25) is 0 Å². The van der Waals surface area contributed by atoms with Gasteiger partial charge >= 0.3 is 0 Å². The fraction of sp³-hybridized carbons (Fsp3) is 0.300. The summed E-state index contributed by atoms with van der Waals surface area (Å²) in [5.41, 5.74) is 0.513. The molecule has 1 atom stereocenters. The molecule has 0 fully saturated rings. The molecule has 196 valence electrons. The SMILES string of the molecule is CCCc1ccc(C2(O)COc3c(ccc4c3C=CC(C)(C)O4)C2=O)c(OCc2ccc([N+](=O)[O-])cc2)c1. The van der Waals surface area contributed by atoms with Crippen LogP contribution >= 0.6 is 0 Å². The maximum atomic E-state index is 13.8. The number of benzene rings is 3. The van der Waals surface area contributed by atoms with Crippen molar-refractivity contribution in [3.63, 3.8) is 0 Å². The van der Waals surface area contributed by atoms with E-state index in [4.69, 9.17) is 14.2 Å². The zero-order valence-corrected chi connectivity index (χ0v) is 21.5. The predicted octanol–water partition coefficient (Wildman–Crippen LogP) is 5.77. The summed E-state index contributed by atoms with van der Waals surface area (Å²) >= 11 is 0. The van der Waals surface area contributed by atoms with E-state index in [0.717, 1.165) is 18.4 Å². The number of hydrogen-bond donors (Lipinski definition) is 1. The van der Waals surface area contributed by atoms with Crippen LogP contribution < -0.4 is 14.2 Å². The lowest BCUT2D eigenvalue weighted by Crippen LogP contribution is -2.45. The van der Waals surface area contributed by atoms with E-state index in [-0.39, 0.29) is 24.5 Å². The van der Waals surface area contributed by atoms with Crippen molar-refractivity contribution in [2.24, 2.45) is 0 Å². The van der Waals surface area contributed by atoms with E-state index in [2.05, 4.69) is 6.92 Å². The number of rotatable bonds is 7. The molecular weight excluding hydrogens is 486 g/mol. The van der Waals surface area contributed by atoms with Crippen LogP contribution in [0.4, 0.5) is 5.69 Å². The Morgan fingerprint density at radius 1 is 1.08 bits per heavy atom. The van der Waals surface area contributed by atoms with Gasteiger partial charge in [-0.3, -0.25) is 14.9 Å². The Morgan fingerprint density at radius 2 is 1.82 bits per heavy atom. The van der Waals surface area contributed by atoms with Crippen molar-refractivity contribution in [3.05, 3.63) is 98.6 Å². The monoisotopic (exact) mass is 515 g/mol. The third-order valence-electron chi connectivity index (χ3n) is 6.80. The molecule has 0 aliphatic carbocycles. The van der Waals surface area contributed by atoms with Crippen molar-refractivity contribution in [2.45, 2.75) is 51.4 Å². The lowest BCUT2D eigenvalue weighted by molar-refractivity contribution is -0.384. The number of carbonyl (C=O) groups is 1. The van der Waals surface area contributed by atoms with Crippen LogP contribution in [0, 0.1) is 10.1 Å². The van der Waals surface area contributed by atoms with Crippen LogP contribution in [0.5, 0.6) is 17.2 Å². The third-order valence-corrected chi connectivity index (χ3v) is 6.80. The van der Waals surface area contributed by atoms with Gasteiger partial charge in [0.05, 0.1) is 16.1 Å². The summed E-state index contributed by atoms with van der Waals surface area (Å²) in [6, 6.07) is 14.8. The van der Waals surface area contributed by atoms with E-state index < -0.39 is 21.9 Å². The number of fused-ring (bicyclic) bond motifs is 3. The van der Waals surface area contributed by atoms with Crippen LogP contribution in [-0.4, -0.2) is 28.0 Å². The molecule has 2 aliphatic heterocycles. The summed E-state index contributed by atoms with van der Waals surface area (Å²) in [5, 5.41) is 22.7. The maximum Gasteiger partial charge on any atom is 0.269 e. The fourth-order valence-corrected chi connectivity index (χ4v) is 4.78. The van der Waals surface area contributed by atoms with Crippen LogP contribution in [0.15, 0.2) is 60.7 Å². The Hall–Kier alpha value is -4.17. The second kappa shape index (κ2) is 9.61. The third kappa shape index (κ3) is 4.63. The Bertz CT molecular complexity index is 1440. The average Bonchev–Trinajstić information content (AvgIpc) is 2.89. The van der Waals surface area contributed by atoms with Crippen LogP contribution in [0.25, 0.3) is 6.08 Å². The summed E-state index contributed by atoms with van der Waals surface area (Å²) in [7, 11) is 0. The highest BCUT2D eigenvalue weighted by atomic mass is 16.6. The number of hydrogen-bond acceptors (Lipinski definition) is 7. The topological polar surface area (TPSA) is 108 Å². The van der Waals surface area contributed by atoms with E-state index in [1.54, 1.807) is 30.3 Å². The molecule has 8 nitrogen and oxygen atoms in total. The van der Waals surface area contributed by atoms with Gasteiger partial charge < -0.3 is 19.3 Å². The first-order chi connectivity index (χ1) is 18.1. The number of nitrogens with zero attached hydrogens (tertiary/aromatic N) is 1. The van der Waals surface area contributed by atoms with Crippen molar-refractivity contribution in [3.8, 4) is 17.2 Å². The van der Waals surface area contributed by atoms with Crippen molar-refractivity contribution >= 4 is 17.5 Å². The number of non-ortho nitro benzene ring substituents is 1. The molecule has 0 saturated carbocycles. The highest BCUT2D eigenvalue weighted by molar-refractivity contribution is 6.07. The molecule has 2 aliphatic rings. The van der Waals surface area contributed by atoms with Gasteiger partial charge in [-0.05, 0) is 73.9 Å². The van der Waals surface area contributed by atoms with Gasteiger partial charge in [0.25, 0.3) is 5.69 Å². The summed E-state index contributed by atoms with van der Waals surface area (Å²) in [6.07, 6.45) is 5.50. The second-order valence-corrected chi connectivity index (χ2v) is 10.2. The number of aryl methyl sites for hydroxylation is 1. The van der Waals surface area contributed by atoms with Gasteiger partial charge in [-0.25, -0.2) is 0 Å². The summed E-state index contributed by atoms with van der Waals surface area (Å²) in [5.74, 6) is 0.883. The highest BCUT2D eigenvalue weighted by Crippen LogP contribution is 2.45. The highest BCUT2D eigenvalue weighted by Gasteiger charge is 2.47. The van der Waals surface area contributed by atoms with Gasteiger partial charge in [0, 0.05) is 17.7 Å².